The molecular weight excluding hydrogens is 222 g/mol. The zero-order valence-corrected chi connectivity index (χ0v) is 10.6. The zero-order chi connectivity index (χ0) is 12.1. The third-order valence-corrected chi connectivity index (χ3v) is 3.06. The largest absolute Gasteiger partial charge is 0.462 e. The molecule has 16 heavy (non-hydrogen) atoms. The fourth-order valence-corrected chi connectivity index (χ4v) is 2.06. The molecule has 1 aromatic rings. The molecule has 0 atom stereocenters. The van der Waals surface area contributed by atoms with Gasteiger partial charge in [0.15, 0.2) is 0 Å². The van der Waals surface area contributed by atoms with Gasteiger partial charge in [-0.3, -0.25) is 4.79 Å². The van der Waals surface area contributed by atoms with Crippen molar-refractivity contribution in [2.24, 2.45) is 0 Å². The van der Waals surface area contributed by atoms with E-state index in [1.165, 1.54) is 11.8 Å². The van der Waals surface area contributed by atoms with Crippen LogP contribution in [0.15, 0.2) is 23.1 Å². The summed E-state index contributed by atoms with van der Waals surface area (Å²) in [6.45, 7) is 5.68. The Morgan fingerprint density at radius 2 is 2.19 bits per heavy atom. The van der Waals surface area contributed by atoms with Crippen molar-refractivity contribution < 1.29 is 9.53 Å². The van der Waals surface area contributed by atoms with Crippen LogP contribution in [0.25, 0.3) is 0 Å². The Morgan fingerprint density at radius 1 is 1.50 bits per heavy atom. The van der Waals surface area contributed by atoms with Gasteiger partial charge in [0.05, 0.1) is 11.9 Å². The van der Waals surface area contributed by atoms with Crippen LogP contribution in [-0.2, 0) is 9.53 Å². The van der Waals surface area contributed by atoms with Crippen molar-refractivity contribution in [3.05, 3.63) is 23.8 Å². The molecule has 0 amide bonds. The summed E-state index contributed by atoms with van der Waals surface area (Å²) in [4.78, 5) is 12.4. The highest BCUT2D eigenvalue weighted by Crippen LogP contribution is 2.24. The van der Waals surface area contributed by atoms with Crippen molar-refractivity contribution >= 4 is 23.4 Å². The van der Waals surface area contributed by atoms with E-state index in [-0.39, 0.29) is 12.1 Å². The third-order valence-electron chi connectivity index (χ3n) is 1.92. The Morgan fingerprint density at radius 3 is 2.81 bits per heavy atom. The molecule has 2 N–H and O–H groups in total. The molecule has 0 saturated heterocycles. The van der Waals surface area contributed by atoms with Gasteiger partial charge in [0.25, 0.3) is 0 Å². The number of nitrogen functional groups attached to an aromatic ring is 1. The number of carbonyl (C=O) groups excluding carboxylic acids is 1. The number of hydrogen-bond acceptors (Lipinski definition) is 4. The monoisotopic (exact) mass is 239 g/mol. The van der Waals surface area contributed by atoms with Crippen molar-refractivity contribution in [1.82, 2.24) is 0 Å². The van der Waals surface area contributed by atoms with Crippen LogP contribution in [0.5, 0.6) is 0 Å². The maximum Gasteiger partial charge on any atom is 0.316 e. The quantitative estimate of drug-likeness (QED) is 0.498. The second kappa shape index (κ2) is 5.80. The number of ether oxygens (including phenoxy) is 1. The topological polar surface area (TPSA) is 52.3 Å². The molecule has 4 heteroatoms. The van der Waals surface area contributed by atoms with Gasteiger partial charge in [-0.2, -0.15) is 0 Å². The van der Waals surface area contributed by atoms with Gasteiger partial charge < -0.3 is 10.5 Å². The minimum atomic E-state index is -0.193. The third kappa shape index (κ3) is 4.14. The van der Waals surface area contributed by atoms with Crippen LogP contribution in [0, 0.1) is 6.92 Å². The molecule has 0 aliphatic heterocycles. The number of thioether (sulfide) groups is 1. The number of aryl methyl sites for hydroxylation is 1. The summed E-state index contributed by atoms with van der Waals surface area (Å²) in [6.07, 6.45) is -0.0601. The molecule has 0 aliphatic rings. The minimum Gasteiger partial charge on any atom is -0.462 e. The molecule has 1 aromatic carbocycles. The van der Waals surface area contributed by atoms with Gasteiger partial charge in [0, 0.05) is 10.6 Å². The van der Waals surface area contributed by atoms with Gasteiger partial charge in [0.1, 0.15) is 0 Å². The number of hydrogen-bond donors (Lipinski definition) is 1. The average Bonchev–Trinajstić information content (AvgIpc) is 2.18. The van der Waals surface area contributed by atoms with E-state index in [1.807, 2.05) is 39.0 Å². The highest BCUT2D eigenvalue weighted by atomic mass is 32.2. The lowest BCUT2D eigenvalue weighted by Crippen LogP contribution is -2.13. The Labute approximate surface area is 100 Å². The molecule has 0 unspecified atom stereocenters. The number of carbonyl (C=O) groups is 1. The molecule has 0 bridgehead atoms. The van der Waals surface area contributed by atoms with Gasteiger partial charge in [-0.1, -0.05) is 6.07 Å². The number of anilines is 1. The standard InChI is InChI=1S/C12H17NO2S/c1-8(2)15-12(14)7-16-11-6-10(13)5-4-9(11)3/h4-6,8H,7,13H2,1-3H3. The molecule has 0 saturated carbocycles. The summed E-state index contributed by atoms with van der Waals surface area (Å²) in [5.74, 6) is 0.129. The maximum atomic E-state index is 11.3. The molecule has 1 rings (SSSR count). The Hall–Kier alpha value is -1.16. The van der Waals surface area contributed by atoms with Crippen molar-refractivity contribution in [3.63, 3.8) is 0 Å². The number of esters is 1. The van der Waals surface area contributed by atoms with E-state index in [1.54, 1.807) is 0 Å². The number of benzene rings is 1. The molecule has 0 aliphatic carbocycles. The van der Waals surface area contributed by atoms with Crippen molar-refractivity contribution in [2.75, 3.05) is 11.5 Å². The normalized spacial score (nSPS) is 10.5. The highest BCUT2D eigenvalue weighted by Gasteiger charge is 2.07. The van der Waals surface area contributed by atoms with Gasteiger partial charge in [-0.15, -0.1) is 11.8 Å². The summed E-state index contributed by atoms with van der Waals surface area (Å²) in [7, 11) is 0. The minimum absolute atomic E-state index is 0.0601. The first kappa shape index (κ1) is 12.9. The Kier molecular flexibility index (Phi) is 4.68. The second-order valence-corrected chi connectivity index (χ2v) is 4.87. The molecule has 0 spiro atoms. The Bertz CT molecular complexity index is 377. The van der Waals surface area contributed by atoms with Crippen LogP contribution >= 0.6 is 11.8 Å². The predicted octanol–water partition coefficient (Wildman–Crippen LogP) is 2.62. The van der Waals surface area contributed by atoms with Crippen molar-refractivity contribution in [3.8, 4) is 0 Å². The van der Waals surface area contributed by atoms with E-state index >= 15 is 0 Å². The van der Waals surface area contributed by atoms with Crippen molar-refractivity contribution in [1.29, 1.82) is 0 Å². The predicted molar refractivity (Wildman–Crippen MR) is 67.5 cm³/mol. The summed E-state index contributed by atoms with van der Waals surface area (Å²) in [5.41, 5.74) is 7.52. The summed E-state index contributed by atoms with van der Waals surface area (Å²) in [6, 6.07) is 5.68. The average molecular weight is 239 g/mol. The maximum absolute atomic E-state index is 11.3. The molecule has 3 nitrogen and oxygen atoms in total. The summed E-state index contributed by atoms with van der Waals surface area (Å²) in [5, 5.41) is 0. The smallest absolute Gasteiger partial charge is 0.316 e. The lowest BCUT2D eigenvalue weighted by Gasteiger charge is -2.09. The fourth-order valence-electron chi connectivity index (χ4n) is 1.21. The van der Waals surface area contributed by atoms with Crippen LogP contribution in [0.2, 0.25) is 0 Å². The van der Waals surface area contributed by atoms with Gasteiger partial charge in [0.2, 0.25) is 0 Å². The zero-order valence-electron chi connectivity index (χ0n) is 9.82. The highest BCUT2D eigenvalue weighted by molar-refractivity contribution is 8.00. The second-order valence-electron chi connectivity index (χ2n) is 3.85. The first-order valence-electron chi connectivity index (χ1n) is 5.17. The SMILES string of the molecule is Cc1ccc(N)cc1SCC(=O)OC(C)C. The van der Waals surface area contributed by atoms with E-state index < -0.39 is 0 Å². The van der Waals surface area contributed by atoms with E-state index in [0.717, 1.165) is 10.5 Å². The fraction of sp³-hybridized carbons (Fsp3) is 0.417. The van der Waals surface area contributed by atoms with Crippen LogP contribution in [0.4, 0.5) is 5.69 Å². The molecule has 0 fully saturated rings. The molecule has 0 heterocycles. The first-order chi connectivity index (χ1) is 7.49. The van der Waals surface area contributed by atoms with Crippen LogP contribution in [-0.4, -0.2) is 17.8 Å². The first-order valence-corrected chi connectivity index (χ1v) is 6.16. The lowest BCUT2D eigenvalue weighted by molar-refractivity contribution is -0.144. The van der Waals surface area contributed by atoms with E-state index in [9.17, 15) is 4.79 Å². The molecular formula is C12H17NO2S. The van der Waals surface area contributed by atoms with E-state index in [2.05, 4.69) is 0 Å². The summed E-state index contributed by atoms with van der Waals surface area (Å²) >= 11 is 1.46. The molecule has 88 valence electrons. The lowest BCUT2D eigenvalue weighted by atomic mass is 10.2. The van der Waals surface area contributed by atoms with E-state index in [0.29, 0.717) is 11.4 Å². The summed E-state index contributed by atoms with van der Waals surface area (Å²) < 4.78 is 5.05. The number of nitrogens with two attached hydrogens (primary N) is 1. The van der Waals surface area contributed by atoms with Crippen LogP contribution in [0.3, 0.4) is 0 Å². The van der Waals surface area contributed by atoms with Gasteiger partial charge in [-0.25, -0.2) is 0 Å². The molecule has 0 aromatic heterocycles. The Balaban J connectivity index is 2.54. The number of rotatable bonds is 4. The van der Waals surface area contributed by atoms with Gasteiger partial charge in [-0.05, 0) is 38.5 Å². The molecule has 0 radical (unpaired) electrons. The van der Waals surface area contributed by atoms with E-state index in [4.69, 9.17) is 10.5 Å². The van der Waals surface area contributed by atoms with Gasteiger partial charge >= 0.3 is 5.97 Å². The van der Waals surface area contributed by atoms with Crippen LogP contribution < -0.4 is 5.73 Å². The van der Waals surface area contributed by atoms with Crippen LogP contribution in [0.1, 0.15) is 19.4 Å². The van der Waals surface area contributed by atoms with Crippen molar-refractivity contribution in [2.45, 2.75) is 31.8 Å².